The van der Waals surface area contributed by atoms with E-state index in [1.807, 2.05) is 0 Å². The molecular weight excluding hydrogens is 485 g/mol. The van der Waals surface area contributed by atoms with Gasteiger partial charge in [0.25, 0.3) is 0 Å². The average molecular weight is 494 g/mol. The molecule has 0 saturated carbocycles. The standard InChI is InChI=1S/C15H9F11O6/c1-31-11(10(29)30)3-2-5(9(27)28)4-6(11)32-8(17)7(16)12(18,19)13(20,21)14(22,23)15(24,25)26/h2,4H,3H2,1H3,(H,27,28)(H,29,30). The highest BCUT2D eigenvalue weighted by Crippen LogP contribution is 2.56. The monoisotopic (exact) mass is 494 g/mol. The molecule has 182 valence electrons. The lowest BCUT2D eigenvalue weighted by molar-refractivity contribution is -0.392. The molecule has 0 bridgehead atoms. The lowest BCUT2D eigenvalue weighted by Crippen LogP contribution is -2.61. The summed E-state index contributed by atoms with van der Waals surface area (Å²) in [4.78, 5) is 22.3. The molecule has 1 rings (SSSR count). The lowest BCUT2D eigenvalue weighted by Gasteiger charge is -2.33. The second-order valence-electron chi connectivity index (χ2n) is 5.92. The fraction of sp³-hybridized carbons (Fsp3) is 0.467. The zero-order valence-corrected chi connectivity index (χ0v) is 15.0. The second kappa shape index (κ2) is 8.25. The van der Waals surface area contributed by atoms with Crippen LogP contribution >= 0.6 is 0 Å². The molecule has 0 spiro atoms. The summed E-state index contributed by atoms with van der Waals surface area (Å²) in [6.07, 6.45) is -7.63. The maximum absolute atomic E-state index is 13.8. The smallest absolute Gasteiger partial charge is 0.460 e. The molecule has 1 unspecified atom stereocenters. The van der Waals surface area contributed by atoms with E-state index >= 15 is 0 Å². The molecule has 0 aromatic heterocycles. The number of methoxy groups -OCH3 is 1. The van der Waals surface area contributed by atoms with Crippen LogP contribution in [0.1, 0.15) is 6.42 Å². The Kier molecular flexibility index (Phi) is 7.01. The molecule has 1 aliphatic rings. The van der Waals surface area contributed by atoms with Gasteiger partial charge >= 0.3 is 41.9 Å². The molecule has 0 aromatic carbocycles. The SMILES string of the molecule is COC1(C(=O)O)CC=C(C(=O)O)C=C1OC(F)=C(F)C(F)(F)C(F)(F)C(F)(F)C(F)(F)F. The van der Waals surface area contributed by atoms with Crippen molar-refractivity contribution in [2.45, 2.75) is 36.0 Å². The van der Waals surface area contributed by atoms with Crippen molar-refractivity contribution < 1.29 is 77.6 Å². The van der Waals surface area contributed by atoms with E-state index in [0.717, 1.165) is 0 Å². The summed E-state index contributed by atoms with van der Waals surface area (Å²) >= 11 is 0. The lowest BCUT2D eigenvalue weighted by atomic mass is 9.89. The van der Waals surface area contributed by atoms with Gasteiger partial charge in [-0.25, -0.2) is 9.59 Å². The highest BCUT2D eigenvalue weighted by Gasteiger charge is 2.83. The normalized spacial score (nSPS) is 21.4. The van der Waals surface area contributed by atoms with Gasteiger partial charge in [-0.2, -0.15) is 48.3 Å². The van der Waals surface area contributed by atoms with Crippen LogP contribution in [0.4, 0.5) is 48.3 Å². The van der Waals surface area contributed by atoms with Crippen LogP contribution in [0.5, 0.6) is 0 Å². The molecule has 2 N–H and O–H groups in total. The van der Waals surface area contributed by atoms with E-state index in [2.05, 4.69) is 9.47 Å². The van der Waals surface area contributed by atoms with Crippen LogP contribution in [0.3, 0.4) is 0 Å². The first-order valence-corrected chi connectivity index (χ1v) is 7.58. The zero-order chi connectivity index (χ0) is 25.5. The third-order valence-electron chi connectivity index (χ3n) is 4.03. The Morgan fingerprint density at radius 3 is 1.84 bits per heavy atom. The molecule has 17 heteroatoms. The van der Waals surface area contributed by atoms with E-state index in [4.69, 9.17) is 5.11 Å². The van der Waals surface area contributed by atoms with Gasteiger partial charge in [-0.1, -0.05) is 6.08 Å². The number of halogens is 11. The largest absolute Gasteiger partial charge is 0.479 e. The van der Waals surface area contributed by atoms with Crippen LogP contribution < -0.4 is 0 Å². The zero-order valence-electron chi connectivity index (χ0n) is 15.0. The molecule has 0 saturated heterocycles. The minimum absolute atomic E-state index is 0.0803. The second-order valence-corrected chi connectivity index (χ2v) is 5.92. The fourth-order valence-corrected chi connectivity index (χ4v) is 2.17. The van der Waals surface area contributed by atoms with Crippen molar-refractivity contribution in [3.8, 4) is 0 Å². The summed E-state index contributed by atoms with van der Waals surface area (Å²) in [5.74, 6) is -32.2. The minimum Gasteiger partial charge on any atom is -0.479 e. The van der Waals surface area contributed by atoms with Gasteiger partial charge < -0.3 is 19.7 Å². The van der Waals surface area contributed by atoms with Gasteiger partial charge in [0, 0.05) is 13.5 Å². The summed E-state index contributed by atoms with van der Waals surface area (Å²) in [6.45, 7) is 0. The van der Waals surface area contributed by atoms with Crippen molar-refractivity contribution in [2.75, 3.05) is 7.11 Å². The van der Waals surface area contributed by atoms with Crippen molar-refractivity contribution in [1.29, 1.82) is 0 Å². The summed E-state index contributed by atoms with van der Waals surface area (Å²) in [5.41, 5.74) is -3.85. The Morgan fingerprint density at radius 1 is 0.969 bits per heavy atom. The van der Waals surface area contributed by atoms with Crippen molar-refractivity contribution in [3.05, 3.63) is 35.3 Å². The van der Waals surface area contributed by atoms with Gasteiger partial charge in [0.1, 0.15) is 0 Å². The molecule has 0 radical (unpaired) electrons. The maximum atomic E-state index is 13.8. The molecule has 1 atom stereocenters. The summed E-state index contributed by atoms with van der Waals surface area (Å²) < 4.78 is 151. The minimum atomic E-state index is -7.58. The van der Waals surface area contributed by atoms with Crippen LogP contribution in [0.15, 0.2) is 35.3 Å². The number of carboxylic acids is 2. The Bertz CT molecular complexity index is 887. The number of hydrogen-bond acceptors (Lipinski definition) is 4. The van der Waals surface area contributed by atoms with E-state index < -0.39 is 71.1 Å². The van der Waals surface area contributed by atoms with Crippen molar-refractivity contribution in [2.24, 2.45) is 0 Å². The number of allylic oxidation sites excluding steroid dienone is 1. The molecule has 0 heterocycles. The Hall–Kier alpha value is -2.85. The van der Waals surface area contributed by atoms with Gasteiger partial charge in [0.05, 0.1) is 5.57 Å². The van der Waals surface area contributed by atoms with Crippen LogP contribution in [-0.4, -0.2) is 58.8 Å². The summed E-state index contributed by atoms with van der Waals surface area (Å²) in [5, 5.41) is 18.0. The third-order valence-corrected chi connectivity index (χ3v) is 4.03. The van der Waals surface area contributed by atoms with E-state index in [-0.39, 0.29) is 6.08 Å². The quantitative estimate of drug-likeness (QED) is 0.385. The Balaban J connectivity index is 3.58. The van der Waals surface area contributed by atoms with Crippen molar-refractivity contribution >= 4 is 11.9 Å². The van der Waals surface area contributed by atoms with Gasteiger partial charge in [0.2, 0.25) is 11.4 Å². The Morgan fingerprint density at radius 2 is 1.47 bits per heavy atom. The number of ether oxygens (including phenoxy) is 2. The predicted octanol–water partition coefficient (Wildman–Crippen LogP) is 4.35. The van der Waals surface area contributed by atoms with Crippen LogP contribution in [0.25, 0.3) is 0 Å². The van der Waals surface area contributed by atoms with Crippen LogP contribution in [-0.2, 0) is 19.1 Å². The number of carbonyl (C=O) groups is 2. The fourth-order valence-electron chi connectivity index (χ4n) is 2.17. The molecule has 6 nitrogen and oxygen atoms in total. The first kappa shape index (κ1) is 27.2. The highest BCUT2D eigenvalue weighted by atomic mass is 19.4. The van der Waals surface area contributed by atoms with Crippen molar-refractivity contribution in [3.63, 3.8) is 0 Å². The van der Waals surface area contributed by atoms with E-state index in [0.29, 0.717) is 13.2 Å². The number of hydrogen-bond donors (Lipinski definition) is 2. The summed E-state index contributed by atoms with van der Waals surface area (Å²) in [7, 11) is 0.579. The molecule has 1 aliphatic carbocycles. The topological polar surface area (TPSA) is 93.1 Å². The number of rotatable bonds is 8. The van der Waals surface area contributed by atoms with Gasteiger partial charge in [-0.3, -0.25) is 0 Å². The van der Waals surface area contributed by atoms with E-state index in [1.54, 1.807) is 0 Å². The van der Waals surface area contributed by atoms with Gasteiger partial charge in [-0.15, -0.1) is 0 Å². The molecule has 0 aliphatic heterocycles. The number of aliphatic carboxylic acids is 2. The van der Waals surface area contributed by atoms with Crippen LogP contribution in [0, 0.1) is 0 Å². The van der Waals surface area contributed by atoms with Crippen molar-refractivity contribution in [1.82, 2.24) is 0 Å². The van der Waals surface area contributed by atoms with E-state index in [1.165, 1.54) is 0 Å². The summed E-state index contributed by atoms with van der Waals surface area (Å²) in [6, 6.07) is -3.56. The first-order chi connectivity index (χ1) is 14.2. The maximum Gasteiger partial charge on any atom is 0.460 e. The number of alkyl halides is 9. The third kappa shape index (κ3) is 4.12. The number of carboxylic acid groups (broad SMARTS) is 2. The molecular formula is C15H9F11O6. The highest BCUT2D eigenvalue weighted by molar-refractivity contribution is 5.92. The molecule has 0 aromatic rings. The van der Waals surface area contributed by atoms with Gasteiger partial charge in [-0.05, 0) is 6.08 Å². The average Bonchev–Trinajstić information content (AvgIpc) is 2.65. The van der Waals surface area contributed by atoms with Gasteiger partial charge in [0.15, 0.2) is 5.76 Å². The first-order valence-electron chi connectivity index (χ1n) is 7.58. The molecule has 32 heavy (non-hydrogen) atoms. The predicted molar refractivity (Wildman–Crippen MR) is 77.0 cm³/mol. The van der Waals surface area contributed by atoms with Crippen LogP contribution in [0.2, 0.25) is 0 Å². The Labute approximate surface area is 169 Å². The molecule has 0 fully saturated rings. The van der Waals surface area contributed by atoms with E-state index in [9.17, 15) is 63.0 Å². The molecule has 0 amide bonds.